The van der Waals surface area contributed by atoms with Gasteiger partial charge in [0.15, 0.2) is 0 Å². The van der Waals surface area contributed by atoms with E-state index in [1.807, 2.05) is 42.5 Å². The number of hydrogen-bond acceptors (Lipinski definition) is 6. The lowest BCUT2D eigenvalue weighted by Crippen LogP contribution is -2.76. The molecular formula is C20H22ClNO6. The van der Waals surface area contributed by atoms with Crippen LogP contribution in [0.4, 0.5) is 0 Å². The summed E-state index contributed by atoms with van der Waals surface area (Å²) in [5, 5.41) is 2.20. The van der Waals surface area contributed by atoms with Gasteiger partial charge in [-0.15, -0.1) is 10.2 Å². The van der Waals surface area contributed by atoms with E-state index in [1.165, 1.54) is 6.42 Å². The monoisotopic (exact) mass is 407 g/mol. The predicted molar refractivity (Wildman–Crippen MR) is 92.1 cm³/mol. The van der Waals surface area contributed by atoms with Crippen molar-refractivity contribution >= 4 is 11.0 Å². The van der Waals surface area contributed by atoms with E-state index in [4.69, 9.17) is 27.8 Å². The minimum atomic E-state index is -4.94. The van der Waals surface area contributed by atoms with E-state index in [0.29, 0.717) is 0 Å². The van der Waals surface area contributed by atoms with Gasteiger partial charge in [-0.25, -0.2) is 23.6 Å². The van der Waals surface area contributed by atoms with Crippen LogP contribution in [0.5, 0.6) is 5.75 Å². The average molecular weight is 408 g/mol. The fourth-order valence-corrected chi connectivity index (χ4v) is 2.66. The van der Waals surface area contributed by atoms with Crippen LogP contribution in [0, 0.1) is 10.2 Å². The molecule has 0 unspecified atom stereocenters. The normalized spacial score (nSPS) is 11.9. The maximum atomic E-state index is 8.49. The van der Waals surface area contributed by atoms with Crippen molar-refractivity contribution in [1.29, 1.82) is 0 Å². The van der Waals surface area contributed by atoms with Crippen molar-refractivity contribution in [2.75, 3.05) is 13.7 Å². The van der Waals surface area contributed by atoms with Gasteiger partial charge in [0.25, 0.3) is 0 Å². The summed E-state index contributed by atoms with van der Waals surface area (Å²) in [6.07, 6.45) is 2.31. The van der Waals surface area contributed by atoms with Gasteiger partial charge in [-0.3, -0.25) is 0 Å². The topological polar surface area (TPSA) is 129 Å². The fraction of sp³-hybridized carbons (Fsp3) is 0.250. The van der Waals surface area contributed by atoms with E-state index < -0.39 is 10.2 Å². The van der Waals surface area contributed by atoms with Crippen molar-refractivity contribution in [3.05, 3.63) is 60.0 Å². The highest BCUT2D eigenvalue weighted by Gasteiger charge is 2.11. The molecule has 3 aromatic rings. The van der Waals surface area contributed by atoms with Gasteiger partial charge in [0.2, 0.25) is 5.36 Å². The average Bonchev–Trinajstić information content (AvgIpc) is 2.66. The largest absolute Gasteiger partial charge is 0.496 e. The van der Waals surface area contributed by atoms with Crippen molar-refractivity contribution in [3.8, 4) is 17.1 Å². The van der Waals surface area contributed by atoms with E-state index in [1.54, 1.807) is 7.11 Å². The molecule has 0 aliphatic carbocycles. The Balaban J connectivity index is 0.000000500. The molecule has 0 bridgehead atoms. The number of halogens is 1. The maximum Gasteiger partial charge on any atom is 0.213 e. The van der Waals surface area contributed by atoms with Gasteiger partial charge in [-0.2, -0.15) is 0 Å². The van der Waals surface area contributed by atoms with Gasteiger partial charge >= 0.3 is 0 Å². The van der Waals surface area contributed by atoms with Crippen molar-refractivity contribution in [2.45, 2.75) is 19.8 Å². The number of nitrogens with one attached hydrogen (secondary N) is 1. The van der Waals surface area contributed by atoms with Gasteiger partial charge in [-0.05, 0) is 24.3 Å². The van der Waals surface area contributed by atoms with Crippen LogP contribution in [0.25, 0.3) is 22.3 Å². The van der Waals surface area contributed by atoms with Gasteiger partial charge < -0.3 is 9.15 Å². The summed E-state index contributed by atoms with van der Waals surface area (Å²) < 4.78 is 45.6. The molecule has 0 fully saturated rings. The Morgan fingerprint density at radius 2 is 1.64 bits per heavy atom. The molecule has 0 atom stereocenters. The molecular weight excluding hydrogens is 386 g/mol. The highest BCUT2D eigenvalue weighted by atomic mass is 35.7. The first-order valence-corrected chi connectivity index (χ1v) is 9.91. The van der Waals surface area contributed by atoms with E-state index in [2.05, 4.69) is 24.0 Å². The molecule has 28 heavy (non-hydrogen) atoms. The second kappa shape index (κ2) is 10.2. The number of rotatable bonds is 5. The highest BCUT2D eigenvalue weighted by molar-refractivity contribution is 5.78. The van der Waals surface area contributed by atoms with Gasteiger partial charge in [-0.1, -0.05) is 37.6 Å². The van der Waals surface area contributed by atoms with Crippen molar-refractivity contribution < 1.29 is 43.0 Å². The Morgan fingerprint density at radius 1 is 1.00 bits per heavy atom. The Morgan fingerprint density at radius 3 is 2.32 bits per heavy atom. The molecule has 0 saturated carbocycles. The number of para-hydroxylation sites is 2. The minimum Gasteiger partial charge on any atom is -0.496 e. The summed E-state index contributed by atoms with van der Waals surface area (Å²) in [6.45, 7) is 3.15. The van der Waals surface area contributed by atoms with E-state index in [-0.39, 0.29) is 0 Å². The van der Waals surface area contributed by atoms with Crippen LogP contribution in [-0.2, 0) is 0 Å². The smallest absolute Gasteiger partial charge is 0.213 e. The summed E-state index contributed by atoms with van der Waals surface area (Å²) >= 11 is 0. The first-order valence-electron chi connectivity index (χ1n) is 8.68. The van der Waals surface area contributed by atoms with Crippen molar-refractivity contribution in [2.24, 2.45) is 0 Å². The van der Waals surface area contributed by atoms with E-state index >= 15 is 0 Å². The molecule has 1 heterocycles. The summed E-state index contributed by atoms with van der Waals surface area (Å²) in [6, 6.07) is 18.1. The number of methoxy groups -OCH3 is 1. The molecule has 8 heteroatoms. The number of benzene rings is 2. The minimum absolute atomic E-state index is 0.806. The summed E-state index contributed by atoms with van der Waals surface area (Å²) in [5.41, 5.74) is 1.83. The zero-order chi connectivity index (χ0) is 20.6. The lowest BCUT2D eigenvalue weighted by atomic mass is 10.1. The van der Waals surface area contributed by atoms with Crippen molar-refractivity contribution in [1.82, 2.24) is 0 Å². The number of fused-ring (bicyclic) bond motifs is 1. The third kappa shape index (κ3) is 6.63. The maximum absolute atomic E-state index is 8.49. The molecule has 2 aromatic carbocycles. The van der Waals surface area contributed by atoms with Crippen molar-refractivity contribution in [3.63, 3.8) is 0 Å². The zero-order valence-electron chi connectivity index (χ0n) is 15.6. The van der Waals surface area contributed by atoms with Crippen LogP contribution in [0.1, 0.15) is 19.8 Å². The van der Waals surface area contributed by atoms with Gasteiger partial charge in [0.1, 0.15) is 23.6 Å². The summed E-state index contributed by atoms with van der Waals surface area (Å²) in [4.78, 5) is 3.54. The van der Waals surface area contributed by atoms with E-state index in [9.17, 15) is 0 Å². The SMILES string of the molecule is CCCC[NH+]=c1cc(-c2ccccc2OC)oc2ccccc12.[O-][Cl+3]([O-])([O-])[O-]. The molecule has 0 amide bonds. The fourth-order valence-electron chi connectivity index (χ4n) is 2.66. The highest BCUT2D eigenvalue weighted by Crippen LogP contribution is 2.30. The predicted octanol–water partition coefficient (Wildman–Crippen LogP) is -1.87. The molecule has 0 spiro atoms. The molecule has 0 aliphatic rings. The lowest BCUT2D eigenvalue weighted by Gasteiger charge is -2.17. The summed E-state index contributed by atoms with van der Waals surface area (Å²) in [7, 11) is -3.26. The van der Waals surface area contributed by atoms with Crippen LogP contribution < -0.4 is 33.7 Å². The first-order chi connectivity index (χ1) is 13.3. The third-order valence-electron chi connectivity index (χ3n) is 3.89. The van der Waals surface area contributed by atoms with Gasteiger partial charge in [0, 0.05) is 6.42 Å². The molecule has 7 nitrogen and oxygen atoms in total. The van der Waals surface area contributed by atoms with Crippen LogP contribution >= 0.6 is 0 Å². The molecule has 3 rings (SSSR count). The van der Waals surface area contributed by atoms with Crippen LogP contribution in [0.15, 0.2) is 59.0 Å². The molecule has 0 saturated heterocycles. The molecule has 0 radical (unpaired) electrons. The lowest BCUT2D eigenvalue weighted by molar-refractivity contribution is -2.00. The second-order valence-electron chi connectivity index (χ2n) is 5.88. The molecule has 150 valence electrons. The van der Waals surface area contributed by atoms with Gasteiger partial charge in [0.05, 0.1) is 24.1 Å². The second-order valence-corrected chi connectivity index (χ2v) is 6.63. The Hall–Kier alpha value is -2.42. The Bertz CT molecular complexity index is 959. The number of unbranched alkanes of at least 4 members (excludes halogenated alkanes) is 1. The Labute approximate surface area is 164 Å². The summed E-state index contributed by atoms with van der Waals surface area (Å²) in [5.74, 6) is 1.62. The standard InChI is InChI=1S/C20H21NO2.ClHO4/c1-3-4-13-21-17-14-20(16-10-6-7-11-18(16)22-2)23-19-12-8-5-9-15(17)19;2-1(3,4)5/h5-12,14H,3-4,13H2,1-2H3;(H,2,3,4,5). The van der Waals surface area contributed by atoms with E-state index in [0.717, 1.165) is 46.4 Å². The van der Waals surface area contributed by atoms with Crippen LogP contribution in [0.3, 0.4) is 0 Å². The third-order valence-corrected chi connectivity index (χ3v) is 3.89. The number of ether oxygens (including phenoxy) is 1. The molecule has 0 aliphatic heterocycles. The molecule has 1 N–H and O–H groups in total. The van der Waals surface area contributed by atoms with Crippen LogP contribution in [-0.4, -0.2) is 13.7 Å². The molecule has 1 aromatic heterocycles. The quantitative estimate of drug-likeness (QED) is 0.493. The van der Waals surface area contributed by atoms with Crippen LogP contribution in [0.2, 0.25) is 0 Å². The Kier molecular flexibility index (Phi) is 7.98. The number of hydrogen-bond donors (Lipinski definition) is 1. The first kappa shape index (κ1) is 21.9. The zero-order valence-corrected chi connectivity index (χ0v) is 16.4.